The lowest BCUT2D eigenvalue weighted by atomic mass is 10.1. The largest absolute Gasteiger partial charge is 0.308 e. The molecule has 0 aliphatic carbocycles. The van der Waals surface area contributed by atoms with Crippen molar-refractivity contribution in [1.82, 2.24) is 10.2 Å². The summed E-state index contributed by atoms with van der Waals surface area (Å²) < 4.78 is 0. The summed E-state index contributed by atoms with van der Waals surface area (Å²) in [5.41, 5.74) is 1.32. The molecule has 1 fully saturated rings. The van der Waals surface area contributed by atoms with E-state index in [-0.39, 0.29) is 0 Å². The standard InChI is InChI=1S/C17H22N2S/c1-19-11-5-8-15(13-19)18-12-16-9-10-17(20-16)14-6-3-2-4-7-14/h2-4,6-7,9-10,15,18H,5,8,11-13H2,1H3. The third kappa shape index (κ3) is 3.48. The summed E-state index contributed by atoms with van der Waals surface area (Å²) in [6.45, 7) is 3.42. The molecule has 1 atom stereocenters. The van der Waals surface area contributed by atoms with E-state index in [4.69, 9.17) is 0 Å². The first-order valence-corrected chi connectivity index (χ1v) is 8.19. The van der Waals surface area contributed by atoms with Gasteiger partial charge in [0.05, 0.1) is 0 Å². The van der Waals surface area contributed by atoms with Gasteiger partial charge in [0.25, 0.3) is 0 Å². The highest BCUT2D eigenvalue weighted by atomic mass is 32.1. The number of hydrogen-bond donors (Lipinski definition) is 1. The fourth-order valence-electron chi connectivity index (χ4n) is 2.81. The van der Waals surface area contributed by atoms with Crippen LogP contribution in [0.2, 0.25) is 0 Å². The van der Waals surface area contributed by atoms with Gasteiger partial charge >= 0.3 is 0 Å². The van der Waals surface area contributed by atoms with E-state index in [0.717, 1.165) is 6.54 Å². The second-order valence-electron chi connectivity index (χ2n) is 5.61. The average Bonchev–Trinajstić information content (AvgIpc) is 2.95. The Bertz CT molecular complexity index is 535. The van der Waals surface area contributed by atoms with E-state index in [0.29, 0.717) is 6.04 Å². The SMILES string of the molecule is CN1CCCC(NCc2ccc(-c3ccccc3)s2)C1. The van der Waals surface area contributed by atoms with E-state index in [2.05, 4.69) is 59.7 Å². The van der Waals surface area contributed by atoms with Crippen LogP contribution in [0.25, 0.3) is 10.4 Å². The van der Waals surface area contributed by atoms with E-state index in [1.165, 1.54) is 41.2 Å². The molecule has 1 aromatic heterocycles. The Morgan fingerprint density at radius 3 is 2.85 bits per heavy atom. The van der Waals surface area contributed by atoms with Crippen molar-refractivity contribution in [3.8, 4) is 10.4 Å². The first-order chi connectivity index (χ1) is 9.81. The molecular formula is C17H22N2S. The predicted octanol–water partition coefficient (Wildman–Crippen LogP) is 3.60. The highest BCUT2D eigenvalue weighted by Crippen LogP contribution is 2.27. The van der Waals surface area contributed by atoms with Crippen LogP contribution < -0.4 is 5.32 Å². The molecule has 1 aliphatic rings. The van der Waals surface area contributed by atoms with E-state index in [1.54, 1.807) is 0 Å². The molecule has 3 rings (SSSR count). The van der Waals surface area contributed by atoms with Crippen LogP contribution in [-0.2, 0) is 6.54 Å². The first kappa shape index (κ1) is 13.8. The van der Waals surface area contributed by atoms with Gasteiger partial charge < -0.3 is 10.2 Å². The molecule has 1 saturated heterocycles. The second kappa shape index (κ2) is 6.53. The normalized spacial score (nSPS) is 20.1. The number of likely N-dealkylation sites (tertiary alicyclic amines) is 1. The van der Waals surface area contributed by atoms with Crippen molar-refractivity contribution in [2.24, 2.45) is 0 Å². The monoisotopic (exact) mass is 286 g/mol. The van der Waals surface area contributed by atoms with Crippen LogP contribution >= 0.6 is 11.3 Å². The highest BCUT2D eigenvalue weighted by molar-refractivity contribution is 7.15. The molecule has 1 N–H and O–H groups in total. The molecule has 2 nitrogen and oxygen atoms in total. The Kier molecular flexibility index (Phi) is 4.51. The Labute approximate surface area is 125 Å². The number of thiophene rings is 1. The molecular weight excluding hydrogens is 264 g/mol. The van der Waals surface area contributed by atoms with Crippen LogP contribution in [0, 0.1) is 0 Å². The van der Waals surface area contributed by atoms with Crippen LogP contribution in [0.15, 0.2) is 42.5 Å². The van der Waals surface area contributed by atoms with Gasteiger partial charge in [-0.3, -0.25) is 0 Å². The maximum atomic E-state index is 3.70. The number of nitrogens with one attached hydrogen (secondary N) is 1. The average molecular weight is 286 g/mol. The van der Waals surface area contributed by atoms with Gasteiger partial charge in [-0.1, -0.05) is 30.3 Å². The molecule has 0 amide bonds. The molecule has 1 aromatic carbocycles. The van der Waals surface area contributed by atoms with Gasteiger partial charge in [0.15, 0.2) is 0 Å². The molecule has 2 aromatic rings. The number of likely N-dealkylation sites (N-methyl/N-ethyl adjacent to an activating group) is 1. The van der Waals surface area contributed by atoms with Crippen molar-refractivity contribution in [3.05, 3.63) is 47.3 Å². The molecule has 20 heavy (non-hydrogen) atoms. The van der Waals surface area contributed by atoms with Gasteiger partial charge in [-0.25, -0.2) is 0 Å². The molecule has 2 heterocycles. The number of rotatable bonds is 4. The maximum Gasteiger partial charge on any atom is 0.0346 e. The van der Waals surface area contributed by atoms with E-state index < -0.39 is 0 Å². The predicted molar refractivity (Wildman–Crippen MR) is 87.1 cm³/mol. The minimum absolute atomic E-state index is 0.649. The Hall–Kier alpha value is -1.16. The third-order valence-electron chi connectivity index (χ3n) is 3.91. The van der Waals surface area contributed by atoms with Gasteiger partial charge in [0.1, 0.15) is 0 Å². The second-order valence-corrected chi connectivity index (χ2v) is 6.78. The number of nitrogens with zero attached hydrogens (tertiary/aromatic N) is 1. The van der Waals surface area contributed by atoms with Gasteiger partial charge in [-0.05, 0) is 44.1 Å². The lowest BCUT2D eigenvalue weighted by Crippen LogP contribution is -2.43. The van der Waals surface area contributed by atoms with Crippen molar-refractivity contribution in [1.29, 1.82) is 0 Å². The van der Waals surface area contributed by atoms with E-state index in [9.17, 15) is 0 Å². The summed E-state index contributed by atoms with van der Waals surface area (Å²) in [6, 6.07) is 15.8. The smallest absolute Gasteiger partial charge is 0.0346 e. The van der Waals surface area contributed by atoms with E-state index in [1.807, 2.05) is 11.3 Å². The Morgan fingerprint density at radius 1 is 1.20 bits per heavy atom. The maximum absolute atomic E-state index is 3.70. The third-order valence-corrected chi connectivity index (χ3v) is 5.04. The van der Waals surface area contributed by atoms with Gasteiger partial charge in [0, 0.05) is 28.9 Å². The van der Waals surface area contributed by atoms with Gasteiger partial charge in [-0.15, -0.1) is 11.3 Å². The fourth-order valence-corrected chi connectivity index (χ4v) is 3.77. The van der Waals surface area contributed by atoms with Gasteiger partial charge in [-0.2, -0.15) is 0 Å². The summed E-state index contributed by atoms with van der Waals surface area (Å²) in [6.07, 6.45) is 2.62. The molecule has 106 valence electrons. The summed E-state index contributed by atoms with van der Waals surface area (Å²) in [7, 11) is 2.21. The van der Waals surface area contributed by atoms with Crippen molar-refractivity contribution >= 4 is 11.3 Å². The molecule has 1 unspecified atom stereocenters. The van der Waals surface area contributed by atoms with Crippen molar-refractivity contribution in [3.63, 3.8) is 0 Å². The zero-order valence-corrected chi connectivity index (χ0v) is 12.8. The number of benzene rings is 1. The molecule has 0 radical (unpaired) electrons. The zero-order valence-electron chi connectivity index (χ0n) is 12.0. The number of hydrogen-bond acceptors (Lipinski definition) is 3. The van der Waals surface area contributed by atoms with Crippen LogP contribution in [0.4, 0.5) is 0 Å². The molecule has 0 bridgehead atoms. The van der Waals surface area contributed by atoms with Crippen molar-refractivity contribution in [2.45, 2.75) is 25.4 Å². The Balaban J connectivity index is 1.58. The molecule has 1 aliphatic heterocycles. The Morgan fingerprint density at radius 2 is 2.05 bits per heavy atom. The fraction of sp³-hybridized carbons (Fsp3) is 0.412. The lowest BCUT2D eigenvalue weighted by molar-refractivity contribution is 0.227. The summed E-state index contributed by atoms with van der Waals surface area (Å²) in [5, 5.41) is 3.70. The molecule has 0 saturated carbocycles. The van der Waals surface area contributed by atoms with Crippen LogP contribution in [0.1, 0.15) is 17.7 Å². The van der Waals surface area contributed by atoms with Crippen LogP contribution in [-0.4, -0.2) is 31.1 Å². The summed E-state index contributed by atoms with van der Waals surface area (Å²) in [5.74, 6) is 0. The van der Waals surface area contributed by atoms with E-state index >= 15 is 0 Å². The zero-order chi connectivity index (χ0) is 13.8. The van der Waals surface area contributed by atoms with Gasteiger partial charge in [0.2, 0.25) is 0 Å². The quantitative estimate of drug-likeness (QED) is 0.924. The summed E-state index contributed by atoms with van der Waals surface area (Å²) >= 11 is 1.90. The van der Waals surface area contributed by atoms with Crippen molar-refractivity contribution < 1.29 is 0 Å². The van der Waals surface area contributed by atoms with Crippen molar-refractivity contribution in [2.75, 3.05) is 20.1 Å². The minimum atomic E-state index is 0.649. The highest BCUT2D eigenvalue weighted by Gasteiger charge is 2.16. The van der Waals surface area contributed by atoms with Crippen LogP contribution in [0.5, 0.6) is 0 Å². The van der Waals surface area contributed by atoms with Crippen LogP contribution in [0.3, 0.4) is 0 Å². The molecule has 0 spiro atoms. The summed E-state index contributed by atoms with van der Waals surface area (Å²) in [4.78, 5) is 5.21. The molecule has 3 heteroatoms. The first-order valence-electron chi connectivity index (χ1n) is 7.37. The number of piperidine rings is 1. The lowest BCUT2D eigenvalue weighted by Gasteiger charge is -2.30. The topological polar surface area (TPSA) is 15.3 Å². The minimum Gasteiger partial charge on any atom is -0.308 e.